The number of carbonyl (C=O) groups is 5. The van der Waals surface area contributed by atoms with E-state index < -0.39 is 42.1 Å². The number of aliphatic hydroxyl groups excluding tert-OH is 1. The molecule has 2 heterocycles. The van der Waals surface area contributed by atoms with Gasteiger partial charge >= 0.3 is 0 Å². The molecule has 2 aliphatic rings. The third-order valence-corrected chi connectivity index (χ3v) is 8.30. The van der Waals surface area contributed by atoms with Crippen LogP contribution >= 0.6 is 0 Å². The molecular formula is C31H46N4O6. The predicted molar refractivity (Wildman–Crippen MR) is 155 cm³/mol. The molecule has 226 valence electrons. The Balaban J connectivity index is 1.87. The summed E-state index contributed by atoms with van der Waals surface area (Å²) in [5.41, 5.74) is 0.853. The Kier molecular flexibility index (Phi) is 12.3. The summed E-state index contributed by atoms with van der Waals surface area (Å²) in [5, 5.41) is 18.1. The second kappa shape index (κ2) is 15.7. The third kappa shape index (κ3) is 9.11. The smallest absolute Gasteiger partial charge is 0.246 e. The summed E-state index contributed by atoms with van der Waals surface area (Å²) in [5.74, 6) is -1.91. The highest BCUT2D eigenvalue weighted by Crippen LogP contribution is 2.22. The van der Waals surface area contributed by atoms with Crippen molar-refractivity contribution in [3.63, 3.8) is 0 Å². The molecule has 3 rings (SSSR count). The van der Waals surface area contributed by atoms with Crippen LogP contribution in [0.25, 0.3) is 0 Å². The molecule has 2 fully saturated rings. The first kappa shape index (κ1) is 32.2. The highest BCUT2D eigenvalue weighted by Gasteiger charge is 2.40. The van der Waals surface area contributed by atoms with E-state index in [1.54, 1.807) is 4.90 Å². The van der Waals surface area contributed by atoms with E-state index in [-0.39, 0.29) is 36.4 Å². The van der Waals surface area contributed by atoms with Crippen molar-refractivity contribution >= 4 is 29.4 Å². The zero-order valence-corrected chi connectivity index (χ0v) is 24.6. The molecule has 2 saturated heterocycles. The number of carbonyl (C=O) groups excluding carboxylic acids is 5. The molecular weight excluding hydrogens is 524 g/mol. The predicted octanol–water partition coefficient (Wildman–Crippen LogP) is 2.02. The fraction of sp³-hybridized carbons (Fsp3) is 0.645. The maximum absolute atomic E-state index is 13.8. The van der Waals surface area contributed by atoms with Crippen molar-refractivity contribution in [2.75, 3.05) is 6.54 Å². The van der Waals surface area contributed by atoms with E-state index in [0.717, 1.165) is 18.4 Å². The number of Topliss-reactive ketones (excluding diaryl/α,β-unsaturated/α-hetero) is 1. The lowest BCUT2D eigenvalue weighted by atomic mass is 9.93. The Hall–Kier alpha value is -3.27. The van der Waals surface area contributed by atoms with Crippen molar-refractivity contribution < 1.29 is 29.1 Å². The molecule has 0 bridgehead atoms. The monoisotopic (exact) mass is 570 g/mol. The van der Waals surface area contributed by atoms with Crippen molar-refractivity contribution in [3.8, 4) is 0 Å². The molecule has 4 N–H and O–H groups in total. The first-order chi connectivity index (χ1) is 19.6. The lowest BCUT2D eigenvalue weighted by Gasteiger charge is -2.39. The van der Waals surface area contributed by atoms with Crippen LogP contribution in [0.1, 0.15) is 84.1 Å². The van der Waals surface area contributed by atoms with Crippen LogP contribution in [0.2, 0.25) is 0 Å². The van der Waals surface area contributed by atoms with Crippen LogP contribution in [0.3, 0.4) is 0 Å². The summed E-state index contributed by atoms with van der Waals surface area (Å²) in [6, 6.07) is 5.98. The van der Waals surface area contributed by atoms with Crippen molar-refractivity contribution in [2.24, 2.45) is 5.92 Å². The van der Waals surface area contributed by atoms with Gasteiger partial charge in [0.15, 0.2) is 5.78 Å². The van der Waals surface area contributed by atoms with E-state index in [2.05, 4.69) is 16.0 Å². The van der Waals surface area contributed by atoms with E-state index in [0.29, 0.717) is 45.1 Å². The van der Waals surface area contributed by atoms with Gasteiger partial charge < -0.3 is 26.0 Å². The minimum Gasteiger partial charge on any atom is -0.386 e. The number of nitrogens with zero attached hydrogens (tertiary/aromatic N) is 1. The first-order valence-corrected chi connectivity index (χ1v) is 15.1. The molecule has 6 atom stereocenters. The second-order valence-electron chi connectivity index (χ2n) is 11.5. The van der Waals surface area contributed by atoms with Crippen LogP contribution in [-0.2, 0) is 30.4 Å². The van der Waals surface area contributed by atoms with Gasteiger partial charge in [0.1, 0.15) is 30.3 Å². The number of rotatable bonds is 11. The zero-order valence-electron chi connectivity index (χ0n) is 24.6. The average Bonchev–Trinajstić information content (AvgIpc) is 2.97. The van der Waals surface area contributed by atoms with Gasteiger partial charge in [-0.3, -0.25) is 24.0 Å². The molecule has 1 aromatic rings. The Morgan fingerprint density at radius 1 is 0.927 bits per heavy atom. The number of aliphatic hydroxyl groups is 1. The van der Waals surface area contributed by atoms with Crippen LogP contribution in [-0.4, -0.2) is 76.2 Å². The molecule has 0 aromatic heterocycles. The summed E-state index contributed by atoms with van der Waals surface area (Å²) in [7, 11) is 0. The lowest BCUT2D eigenvalue weighted by molar-refractivity contribution is -0.147. The van der Waals surface area contributed by atoms with Crippen molar-refractivity contribution in [1.29, 1.82) is 0 Å². The number of nitrogens with one attached hydrogen (secondary N) is 3. The number of hydrogen-bond donors (Lipinski definition) is 4. The Labute approximate surface area is 243 Å². The SMILES string of the molecule is CC[C@H](C)[C@@H]1NC(=O)[C@H](Cc2ccccc2)NC(=O)[C@H](CCCCCC(=O)[C@@H](C)O)NC(=O)[C@@H]2CCCCN2C1=O. The third-order valence-electron chi connectivity index (χ3n) is 8.30. The Morgan fingerprint density at radius 3 is 2.29 bits per heavy atom. The molecule has 0 unspecified atom stereocenters. The minimum absolute atomic E-state index is 0.165. The fourth-order valence-electron chi connectivity index (χ4n) is 5.48. The van der Waals surface area contributed by atoms with E-state index in [9.17, 15) is 29.1 Å². The minimum atomic E-state index is -1.000. The number of benzene rings is 1. The maximum atomic E-state index is 13.8. The number of amides is 4. The molecule has 1 aromatic carbocycles. The summed E-state index contributed by atoms with van der Waals surface area (Å²) >= 11 is 0. The molecule has 0 spiro atoms. The van der Waals surface area contributed by atoms with Gasteiger partial charge in [0.2, 0.25) is 23.6 Å². The quantitative estimate of drug-likeness (QED) is 0.300. The summed E-state index contributed by atoms with van der Waals surface area (Å²) in [4.78, 5) is 68.0. The van der Waals surface area contributed by atoms with Gasteiger partial charge in [0.05, 0.1) is 0 Å². The standard InChI is InChI=1S/C31H46N4O6/c1-4-20(2)27-31(41)35-18-12-11-16-25(35)30(40)32-23(15-9-6-10-17-26(37)21(3)36)28(38)33-24(29(39)34-27)19-22-13-7-5-8-14-22/h5,7-8,13-14,20-21,23-25,27,36H,4,6,9-12,15-19H2,1-3H3,(H,32,40)(H,33,38)(H,34,39)/t20-,21+,23-,24-,25-,27-/m0/s1. The van der Waals surface area contributed by atoms with Gasteiger partial charge in [-0.1, -0.05) is 63.4 Å². The van der Waals surface area contributed by atoms with Gasteiger partial charge in [-0.15, -0.1) is 0 Å². The first-order valence-electron chi connectivity index (χ1n) is 15.1. The highest BCUT2D eigenvalue weighted by molar-refractivity contribution is 5.97. The van der Waals surface area contributed by atoms with Crippen LogP contribution in [0.4, 0.5) is 0 Å². The van der Waals surface area contributed by atoms with E-state index in [4.69, 9.17) is 0 Å². The summed E-state index contributed by atoms with van der Waals surface area (Å²) in [6.07, 6.45) is 4.25. The number of hydrogen-bond acceptors (Lipinski definition) is 6. The van der Waals surface area contributed by atoms with Crippen molar-refractivity contribution in [3.05, 3.63) is 35.9 Å². The van der Waals surface area contributed by atoms with Gasteiger partial charge in [0, 0.05) is 19.4 Å². The number of unbranched alkanes of at least 4 members (excludes halogenated alkanes) is 2. The zero-order chi connectivity index (χ0) is 29.9. The molecule has 4 amide bonds. The second-order valence-corrected chi connectivity index (χ2v) is 11.5. The lowest BCUT2D eigenvalue weighted by Crippen LogP contribution is -2.64. The molecule has 10 heteroatoms. The normalized spacial score (nSPS) is 25.5. The topological polar surface area (TPSA) is 145 Å². The Morgan fingerprint density at radius 2 is 1.61 bits per heavy atom. The van der Waals surface area contributed by atoms with E-state index in [1.165, 1.54) is 6.92 Å². The maximum Gasteiger partial charge on any atom is 0.246 e. The van der Waals surface area contributed by atoms with Crippen molar-refractivity contribution in [2.45, 2.75) is 115 Å². The van der Waals surface area contributed by atoms with E-state index in [1.807, 2.05) is 44.2 Å². The van der Waals surface area contributed by atoms with E-state index >= 15 is 0 Å². The molecule has 0 saturated carbocycles. The van der Waals surface area contributed by atoms with Crippen LogP contribution in [0.15, 0.2) is 30.3 Å². The molecule has 10 nitrogen and oxygen atoms in total. The molecule has 2 aliphatic heterocycles. The van der Waals surface area contributed by atoms with Crippen LogP contribution in [0.5, 0.6) is 0 Å². The largest absolute Gasteiger partial charge is 0.386 e. The van der Waals surface area contributed by atoms with Gasteiger partial charge in [-0.25, -0.2) is 0 Å². The number of ketones is 1. The highest BCUT2D eigenvalue weighted by atomic mass is 16.3. The molecule has 0 radical (unpaired) electrons. The van der Waals surface area contributed by atoms with Gasteiger partial charge in [0.25, 0.3) is 0 Å². The van der Waals surface area contributed by atoms with Gasteiger partial charge in [-0.2, -0.15) is 0 Å². The fourth-order valence-corrected chi connectivity index (χ4v) is 5.48. The number of piperidine rings is 1. The van der Waals surface area contributed by atoms with Crippen molar-refractivity contribution in [1.82, 2.24) is 20.9 Å². The summed E-state index contributed by atoms with van der Waals surface area (Å²) < 4.78 is 0. The average molecular weight is 571 g/mol. The molecule has 0 aliphatic carbocycles. The summed E-state index contributed by atoms with van der Waals surface area (Å²) in [6.45, 7) is 5.72. The Bertz CT molecular complexity index is 1060. The number of fused-ring (bicyclic) bond motifs is 1. The van der Waals surface area contributed by atoms with Gasteiger partial charge in [-0.05, 0) is 50.5 Å². The molecule has 41 heavy (non-hydrogen) atoms. The van der Waals surface area contributed by atoms with Crippen LogP contribution < -0.4 is 16.0 Å². The van der Waals surface area contributed by atoms with Crippen LogP contribution in [0, 0.1) is 5.92 Å².